The second-order valence-electron chi connectivity index (χ2n) is 17.9. The van der Waals surface area contributed by atoms with E-state index in [4.69, 9.17) is 4.74 Å². The molecule has 20 heteroatoms. The number of nitrogens with zero attached hydrogens (tertiary/aromatic N) is 6. The number of hydrogen-bond donors (Lipinski definition) is 2. The predicted molar refractivity (Wildman–Crippen MR) is 278 cm³/mol. The molecule has 362 valence electrons. The highest BCUT2D eigenvalue weighted by Gasteiger charge is 2.41. The molecule has 3 aliphatic rings. The Kier molecular flexibility index (Phi) is 19.9. The van der Waals surface area contributed by atoms with Crippen molar-refractivity contribution in [2.24, 2.45) is 17.3 Å². The van der Waals surface area contributed by atoms with Crippen LogP contribution in [-0.2, 0) is 53.3 Å². The van der Waals surface area contributed by atoms with Gasteiger partial charge in [-0.25, -0.2) is 23.8 Å². The Balaban J connectivity index is 0.00000289. The van der Waals surface area contributed by atoms with Crippen molar-refractivity contribution in [3.63, 3.8) is 0 Å². The van der Waals surface area contributed by atoms with Gasteiger partial charge in [0.25, 0.3) is 5.91 Å². The molecule has 0 unspecified atom stereocenters. The Hall–Kier alpha value is -4.05. The number of sulfonamides is 1. The second-order valence-corrected chi connectivity index (χ2v) is 19.7. The summed E-state index contributed by atoms with van der Waals surface area (Å²) in [6.45, 7) is 14.6. The second kappa shape index (κ2) is 23.3. The number of rotatable bonds is 9. The molecule has 66 heavy (non-hydrogen) atoms. The molecular weight excluding hydrogens is 937 g/mol. The molecule has 4 atom stereocenters. The van der Waals surface area contributed by atoms with Crippen molar-refractivity contribution in [3.8, 4) is 22.4 Å². The van der Waals surface area contributed by atoms with Crippen LogP contribution in [0.15, 0.2) is 73.2 Å². The van der Waals surface area contributed by atoms with Crippen molar-refractivity contribution in [2.75, 3.05) is 33.3 Å². The first-order valence-electron chi connectivity index (χ1n) is 21.5. The summed E-state index contributed by atoms with van der Waals surface area (Å²) >= 11 is 0. The zero-order chi connectivity index (χ0) is 44.5. The number of aryl methyl sites for hydroxylation is 1. The van der Waals surface area contributed by atoms with E-state index >= 15 is 0 Å². The van der Waals surface area contributed by atoms with E-state index in [0.717, 1.165) is 49.8 Å². The molecule has 2 N–H and O–H groups in total. The van der Waals surface area contributed by atoms with E-state index in [1.807, 2.05) is 50.5 Å². The van der Waals surface area contributed by atoms with Crippen molar-refractivity contribution in [2.45, 2.75) is 91.4 Å². The molecule has 2 aromatic carbocycles. The van der Waals surface area contributed by atoms with Gasteiger partial charge in [-0.2, -0.15) is 58.3 Å². The zero-order valence-electron chi connectivity index (χ0n) is 38.5. The van der Waals surface area contributed by atoms with E-state index in [1.54, 1.807) is 7.05 Å². The van der Waals surface area contributed by atoms with Crippen LogP contribution in [0.1, 0.15) is 65.0 Å². The van der Waals surface area contributed by atoms with Gasteiger partial charge in [-0.3, -0.25) is 24.2 Å². The number of ether oxygens (including phenoxy) is 1. The van der Waals surface area contributed by atoms with E-state index < -0.39 is 57.3 Å². The zero-order valence-corrected chi connectivity index (χ0v) is 43.3. The Bertz CT molecular complexity index is 2490. The topological polar surface area (TPSA) is 176 Å². The van der Waals surface area contributed by atoms with Crippen LogP contribution in [0.2, 0.25) is 0 Å². The minimum atomic E-state index is -3.70. The number of carbonyl (C=O) groups is 4. The van der Waals surface area contributed by atoms with Crippen molar-refractivity contribution in [1.29, 1.82) is 0 Å². The number of amides is 3. The van der Waals surface area contributed by atoms with E-state index in [9.17, 15) is 27.6 Å². The van der Waals surface area contributed by atoms with Gasteiger partial charge in [-0.05, 0) is 72.9 Å². The third-order valence-corrected chi connectivity index (χ3v) is 13.8. The minimum Gasteiger partial charge on any atom is -0.464 e. The summed E-state index contributed by atoms with van der Waals surface area (Å²) in [5, 5.41) is 6.35. The average Bonchev–Trinajstić information content (AvgIpc) is 3.88. The van der Waals surface area contributed by atoms with Crippen molar-refractivity contribution in [1.82, 2.24) is 39.5 Å². The summed E-state index contributed by atoms with van der Waals surface area (Å²) in [5.41, 5.74) is 9.39. The molecule has 2 aromatic heterocycles. The molecule has 7 rings (SSSR count). The largest absolute Gasteiger partial charge is 0.464 e. The summed E-state index contributed by atoms with van der Waals surface area (Å²) in [6, 6.07) is 11.5. The third-order valence-electron chi connectivity index (χ3n) is 12.4. The highest BCUT2D eigenvalue weighted by Crippen LogP contribution is 2.40. The lowest BCUT2D eigenvalue weighted by atomic mass is 9.84. The van der Waals surface area contributed by atoms with Gasteiger partial charge < -0.3 is 19.5 Å². The standard InChI is InChI=1S/C46H58N8O7S.4H2S/c1-8-53-39-16-15-32-22-35(39)36(41(53)34-24-47-28-48-25-34)23-46(5,6)27-61-45(58)37-14-11-18-54(50-37)44(57)38(21-30-12-10-13-31(32)20-30)49-42(55)40(29(3)4)51(7)43(56)33-17-19-52(26-33)62(59,60)9-2;;;;/h9-10,12-13,15-16,20,22,24-25,28-29,33,37-38,40,50H,2,8,11,14,17-19,21,23,26-27H2,1,3-7H3,(H,49,55);4*1H2/t33-,37+,38+,40+;;;;/m1..../s1. The Labute approximate surface area is 416 Å². The molecule has 0 aliphatic carbocycles. The number of aromatic nitrogens is 3. The SMILES string of the molecule is C=CS(=O)(=O)N1CC[C@@H](C(=O)N(C)[C@H](C(=O)N[C@H]2Cc3cccc(c3)-c3ccc4c(c3)c(c(-c3cncnc3)n4CC)CC(C)(C)COC(=O)[C@@H]3CCCN(N3)C2=O)C(C)C)C1.S.S.S.S. The van der Waals surface area contributed by atoms with Crippen LogP contribution in [-0.4, -0.2) is 112 Å². The molecule has 0 spiro atoms. The number of cyclic esters (lactones) is 1. The van der Waals surface area contributed by atoms with Crippen LogP contribution in [0.25, 0.3) is 33.3 Å². The lowest BCUT2D eigenvalue weighted by molar-refractivity contribution is -0.155. The molecule has 2 saturated heterocycles. The van der Waals surface area contributed by atoms with Gasteiger partial charge in [0.15, 0.2) is 0 Å². The van der Waals surface area contributed by atoms with Crippen LogP contribution in [0.3, 0.4) is 0 Å². The number of esters is 1. The van der Waals surface area contributed by atoms with Crippen molar-refractivity contribution >= 4 is 98.6 Å². The molecule has 0 saturated carbocycles. The van der Waals surface area contributed by atoms with Crippen LogP contribution in [0.5, 0.6) is 0 Å². The molecular formula is C46H66N8O7S5. The summed E-state index contributed by atoms with van der Waals surface area (Å²) in [5.74, 6) is -2.76. The Morgan fingerprint density at radius 2 is 1.71 bits per heavy atom. The third kappa shape index (κ3) is 12.0. The maximum Gasteiger partial charge on any atom is 0.324 e. The monoisotopic (exact) mass is 1000 g/mol. The van der Waals surface area contributed by atoms with E-state index in [0.29, 0.717) is 38.8 Å². The fourth-order valence-electron chi connectivity index (χ4n) is 9.25. The lowest BCUT2D eigenvalue weighted by Crippen LogP contribution is -2.62. The normalized spacial score (nSPS) is 20.3. The fourth-order valence-corrected chi connectivity index (χ4v) is 10.2. The number of benzene rings is 2. The first kappa shape index (κ1) is 56.3. The van der Waals surface area contributed by atoms with E-state index in [-0.39, 0.29) is 91.9 Å². The molecule has 5 heterocycles. The Morgan fingerprint density at radius 1 is 1.02 bits per heavy atom. The van der Waals surface area contributed by atoms with Crippen LogP contribution >= 0.6 is 54.0 Å². The molecule has 15 nitrogen and oxygen atoms in total. The maximum absolute atomic E-state index is 14.6. The fraction of sp³-hybridized carbons (Fsp3) is 0.478. The van der Waals surface area contributed by atoms with Crippen LogP contribution < -0.4 is 10.7 Å². The highest BCUT2D eigenvalue weighted by molar-refractivity contribution is 7.92. The maximum atomic E-state index is 14.6. The van der Waals surface area contributed by atoms with Gasteiger partial charge in [-0.15, -0.1) is 0 Å². The summed E-state index contributed by atoms with van der Waals surface area (Å²) in [7, 11) is -2.16. The van der Waals surface area contributed by atoms with E-state index in [1.165, 1.54) is 20.5 Å². The van der Waals surface area contributed by atoms with Crippen molar-refractivity contribution < 1.29 is 32.3 Å². The molecule has 4 aromatic rings. The van der Waals surface area contributed by atoms with Crippen LogP contribution in [0, 0.1) is 17.3 Å². The van der Waals surface area contributed by atoms with Crippen molar-refractivity contribution in [3.05, 3.63) is 84.3 Å². The molecule has 0 radical (unpaired) electrons. The summed E-state index contributed by atoms with van der Waals surface area (Å²) in [4.78, 5) is 66.7. The number of likely N-dealkylation sites (N-methyl/N-ethyl adjacent to an activating group) is 1. The predicted octanol–water partition coefficient (Wildman–Crippen LogP) is 5.16. The average molecular weight is 1000 g/mol. The number of hydrazine groups is 1. The van der Waals surface area contributed by atoms with E-state index in [2.05, 4.69) is 70.8 Å². The van der Waals surface area contributed by atoms with Gasteiger partial charge in [0.2, 0.25) is 21.8 Å². The Morgan fingerprint density at radius 3 is 2.38 bits per heavy atom. The van der Waals surface area contributed by atoms with Gasteiger partial charge >= 0.3 is 5.97 Å². The summed E-state index contributed by atoms with van der Waals surface area (Å²) in [6.07, 6.45) is 7.18. The van der Waals surface area contributed by atoms with Crippen LogP contribution in [0.4, 0.5) is 0 Å². The van der Waals surface area contributed by atoms with Gasteiger partial charge in [0.05, 0.1) is 18.2 Å². The first-order chi connectivity index (χ1) is 29.5. The molecule has 2 fully saturated rings. The number of nitrogens with one attached hydrogen (secondary N) is 2. The first-order valence-corrected chi connectivity index (χ1v) is 23.0. The molecule has 3 amide bonds. The quantitative estimate of drug-likeness (QED) is 0.213. The number of fused-ring (bicyclic) bond motifs is 6. The van der Waals surface area contributed by atoms with Gasteiger partial charge in [0.1, 0.15) is 24.5 Å². The highest BCUT2D eigenvalue weighted by atomic mass is 32.2. The number of hydrogen-bond acceptors (Lipinski definition) is 10. The number of carbonyl (C=O) groups excluding carboxylic acids is 4. The smallest absolute Gasteiger partial charge is 0.324 e. The molecule has 3 aliphatic heterocycles. The lowest BCUT2D eigenvalue weighted by Gasteiger charge is -2.37. The van der Waals surface area contributed by atoms with Gasteiger partial charge in [0, 0.05) is 79.3 Å². The minimum absolute atomic E-state index is 0. The molecule has 6 bridgehead atoms. The van der Waals surface area contributed by atoms with Gasteiger partial charge in [-0.1, -0.05) is 64.6 Å². The summed E-state index contributed by atoms with van der Waals surface area (Å²) < 4.78 is 34.5.